The molecule has 0 spiro atoms. The molecule has 4 aliphatic rings. The van der Waals surface area contributed by atoms with E-state index in [9.17, 15) is 9.59 Å². The number of thioether (sulfide) groups is 1. The number of amides is 2. The number of carbonyl (C=O) groups excluding carboxylic acids is 2. The highest BCUT2D eigenvalue weighted by Gasteiger charge is 2.54. The highest BCUT2D eigenvalue weighted by molar-refractivity contribution is 8.18. The van der Waals surface area contributed by atoms with Crippen molar-refractivity contribution in [3.8, 4) is 0 Å². The normalized spacial score (nSPS) is 29.1. The Labute approximate surface area is 262 Å². The van der Waals surface area contributed by atoms with Gasteiger partial charge in [-0.1, -0.05) is 61.3 Å². The lowest BCUT2D eigenvalue weighted by atomic mass is 9.81. The number of amidine groups is 1. The first-order valence-corrected chi connectivity index (χ1v) is 16.3. The number of hydrogen-bond acceptors (Lipinski definition) is 6. The van der Waals surface area contributed by atoms with Crippen LogP contribution >= 0.6 is 35.0 Å². The van der Waals surface area contributed by atoms with Gasteiger partial charge in [-0.2, -0.15) is 0 Å². The standard InChI is InChI=1S/C32H37Cl2N5O2S/c1-18(2)26-27(30(41)38-19(3)5-14-25(38)29(40)37-16-15-24(35)17-37)42-31-36-32(4,21-8-12-23(34)13-9-21)28(39(26)31)20-6-10-22(33)11-7-20/h6-13,18-19,24-25,28H,5,14-17,35H2,1-4H3/t19-,24+,25+,28-,32?/m1/s1. The van der Waals surface area contributed by atoms with Gasteiger partial charge in [-0.25, -0.2) is 4.99 Å². The Kier molecular flexibility index (Phi) is 7.88. The van der Waals surface area contributed by atoms with E-state index in [0.717, 1.165) is 34.8 Å². The topological polar surface area (TPSA) is 82.2 Å². The Morgan fingerprint density at radius 1 is 1.02 bits per heavy atom. The Bertz CT molecular complexity index is 1460. The van der Waals surface area contributed by atoms with Crippen LogP contribution in [0.1, 0.15) is 64.1 Å². The number of hydrogen-bond donors (Lipinski definition) is 1. The summed E-state index contributed by atoms with van der Waals surface area (Å²) in [5.41, 5.74) is 8.50. The average molecular weight is 627 g/mol. The summed E-state index contributed by atoms with van der Waals surface area (Å²) in [6, 6.07) is 15.0. The van der Waals surface area contributed by atoms with Crippen LogP contribution in [0.4, 0.5) is 0 Å². The number of aliphatic imine (C=N–C) groups is 1. The molecule has 2 N–H and O–H groups in total. The summed E-state index contributed by atoms with van der Waals surface area (Å²) in [7, 11) is 0. The molecule has 5 atom stereocenters. The quantitative estimate of drug-likeness (QED) is 0.429. The van der Waals surface area contributed by atoms with Crippen LogP contribution < -0.4 is 5.73 Å². The minimum absolute atomic E-state index is 0.00232. The molecule has 6 rings (SSSR count). The predicted molar refractivity (Wildman–Crippen MR) is 170 cm³/mol. The molecule has 0 bridgehead atoms. The molecule has 2 amide bonds. The van der Waals surface area contributed by atoms with E-state index in [-0.39, 0.29) is 35.9 Å². The Morgan fingerprint density at radius 3 is 2.26 bits per heavy atom. The molecular weight excluding hydrogens is 589 g/mol. The highest BCUT2D eigenvalue weighted by atomic mass is 35.5. The summed E-state index contributed by atoms with van der Waals surface area (Å²) < 4.78 is 0. The van der Waals surface area contributed by atoms with Crippen molar-refractivity contribution in [2.45, 2.75) is 76.7 Å². The average Bonchev–Trinajstić information content (AvgIpc) is 3.71. The SMILES string of the molecule is CC(C)C1=C(C(=O)N2[C@H](C)CC[C@H]2C(=O)N2CC[C@H](N)C2)SC2=NC(C)(c3ccc(Cl)cc3)[C@@H](c3ccc(Cl)cc3)N21. The van der Waals surface area contributed by atoms with Gasteiger partial charge < -0.3 is 20.4 Å². The van der Waals surface area contributed by atoms with Crippen LogP contribution in [0, 0.1) is 5.92 Å². The largest absolute Gasteiger partial charge is 0.339 e. The van der Waals surface area contributed by atoms with Gasteiger partial charge in [0.05, 0.1) is 6.04 Å². The summed E-state index contributed by atoms with van der Waals surface area (Å²) in [6.07, 6.45) is 2.26. The van der Waals surface area contributed by atoms with E-state index in [0.29, 0.717) is 34.5 Å². The summed E-state index contributed by atoms with van der Waals surface area (Å²) in [6.45, 7) is 9.62. The van der Waals surface area contributed by atoms with E-state index in [2.05, 4.69) is 25.7 Å². The fourth-order valence-electron chi connectivity index (χ4n) is 6.95. The fraction of sp³-hybridized carbons (Fsp3) is 0.469. The van der Waals surface area contributed by atoms with Crippen LogP contribution in [0.25, 0.3) is 0 Å². The maximum absolute atomic E-state index is 14.5. The smallest absolute Gasteiger partial charge is 0.263 e. The molecular formula is C32H37Cl2N5O2S. The molecule has 0 aromatic heterocycles. The fourth-order valence-corrected chi connectivity index (χ4v) is 8.55. The van der Waals surface area contributed by atoms with Crippen molar-refractivity contribution in [3.05, 3.63) is 80.3 Å². The zero-order valence-corrected chi connectivity index (χ0v) is 26.7. The van der Waals surface area contributed by atoms with Gasteiger partial charge in [-0.05, 0) is 86.2 Å². The van der Waals surface area contributed by atoms with E-state index in [1.807, 2.05) is 65.3 Å². The second-order valence-electron chi connectivity index (χ2n) is 12.3. The monoisotopic (exact) mass is 625 g/mol. The lowest BCUT2D eigenvalue weighted by Gasteiger charge is -2.37. The van der Waals surface area contributed by atoms with E-state index in [1.165, 1.54) is 11.8 Å². The van der Waals surface area contributed by atoms with Gasteiger partial charge in [0.1, 0.15) is 16.5 Å². The first-order valence-electron chi connectivity index (χ1n) is 14.7. The molecule has 7 nitrogen and oxygen atoms in total. The van der Waals surface area contributed by atoms with E-state index in [4.69, 9.17) is 33.9 Å². The second kappa shape index (κ2) is 11.2. The van der Waals surface area contributed by atoms with Gasteiger partial charge in [-0.3, -0.25) is 9.59 Å². The summed E-state index contributed by atoms with van der Waals surface area (Å²) in [5.74, 6) is -0.0339. The first kappa shape index (κ1) is 29.5. The molecule has 4 heterocycles. The van der Waals surface area contributed by atoms with Crippen molar-refractivity contribution in [1.82, 2.24) is 14.7 Å². The van der Waals surface area contributed by atoms with Crippen LogP contribution in [0.5, 0.6) is 0 Å². The van der Waals surface area contributed by atoms with Crippen molar-refractivity contribution in [1.29, 1.82) is 0 Å². The Morgan fingerprint density at radius 2 is 1.67 bits per heavy atom. The van der Waals surface area contributed by atoms with Crippen LogP contribution in [-0.2, 0) is 15.1 Å². The third kappa shape index (κ3) is 4.94. The Balaban J connectivity index is 1.41. The van der Waals surface area contributed by atoms with Crippen molar-refractivity contribution in [2.75, 3.05) is 13.1 Å². The number of halogens is 2. The summed E-state index contributed by atoms with van der Waals surface area (Å²) in [5, 5.41) is 2.12. The molecule has 222 valence electrons. The van der Waals surface area contributed by atoms with Crippen molar-refractivity contribution < 1.29 is 9.59 Å². The van der Waals surface area contributed by atoms with Crippen molar-refractivity contribution in [3.63, 3.8) is 0 Å². The number of nitrogens with two attached hydrogens (primary N) is 1. The molecule has 2 saturated heterocycles. The summed E-state index contributed by atoms with van der Waals surface area (Å²) in [4.78, 5) is 40.0. The predicted octanol–water partition coefficient (Wildman–Crippen LogP) is 6.18. The lowest BCUT2D eigenvalue weighted by Crippen LogP contribution is -2.50. The molecule has 10 heteroatoms. The van der Waals surface area contributed by atoms with Crippen LogP contribution in [0.15, 0.2) is 64.1 Å². The molecule has 0 saturated carbocycles. The molecule has 42 heavy (non-hydrogen) atoms. The second-order valence-corrected chi connectivity index (χ2v) is 14.2. The number of benzene rings is 2. The third-order valence-corrected chi connectivity index (χ3v) is 10.7. The molecule has 0 aliphatic carbocycles. The van der Waals surface area contributed by atoms with Crippen LogP contribution in [0.2, 0.25) is 10.0 Å². The van der Waals surface area contributed by atoms with Crippen LogP contribution in [-0.4, -0.2) is 62.9 Å². The molecule has 1 unspecified atom stereocenters. The zero-order valence-electron chi connectivity index (χ0n) is 24.4. The minimum atomic E-state index is -0.635. The molecule has 2 aromatic rings. The van der Waals surface area contributed by atoms with Crippen molar-refractivity contribution in [2.24, 2.45) is 16.6 Å². The van der Waals surface area contributed by atoms with Gasteiger partial charge in [0.15, 0.2) is 5.17 Å². The van der Waals surface area contributed by atoms with Crippen molar-refractivity contribution >= 4 is 51.9 Å². The van der Waals surface area contributed by atoms with Gasteiger partial charge in [-0.15, -0.1) is 0 Å². The number of likely N-dealkylation sites (tertiary alicyclic amines) is 2. The number of allylic oxidation sites excluding steroid dienone is 1. The number of rotatable bonds is 5. The number of carbonyl (C=O) groups is 2. The molecule has 4 aliphatic heterocycles. The lowest BCUT2D eigenvalue weighted by molar-refractivity contribution is -0.142. The highest BCUT2D eigenvalue weighted by Crippen LogP contribution is 2.56. The minimum Gasteiger partial charge on any atom is -0.339 e. The van der Waals surface area contributed by atoms with E-state index >= 15 is 0 Å². The van der Waals surface area contributed by atoms with E-state index < -0.39 is 11.6 Å². The maximum atomic E-state index is 14.5. The maximum Gasteiger partial charge on any atom is 0.263 e. The van der Waals surface area contributed by atoms with Gasteiger partial charge in [0.25, 0.3) is 5.91 Å². The molecule has 2 fully saturated rings. The Hall–Kier alpha value is -2.52. The van der Waals surface area contributed by atoms with E-state index in [1.54, 1.807) is 0 Å². The van der Waals surface area contributed by atoms with Crippen LogP contribution in [0.3, 0.4) is 0 Å². The number of nitrogens with zero attached hydrogens (tertiary/aromatic N) is 4. The first-order chi connectivity index (χ1) is 20.0. The number of fused-ring (bicyclic) bond motifs is 1. The molecule has 0 radical (unpaired) electrons. The van der Waals surface area contributed by atoms with Gasteiger partial charge in [0.2, 0.25) is 5.91 Å². The third-order valence-electron chi connectivity index (χ3n) is 9.09. The van der Waals surface area contributed by atoms with Gasteiger partial charge in [0, 0.05) is 40.9 Å². The summed E-state index contributed by atoms with van der Waals surface area (Å²) >= 11 is 14.0. The van der Waals surface area contributed by atoms with Gasteiger partial charge >= 0.3 is 0 Å². The molecule has 2 aromatic carbocycles. The zero-order chi connectivity index (χ0) is 29.9.